The summed E-state index contributed by atoms with van der Waals surface area (Å²) in [6.07, 6.45) is 1.13. The van der Waals surface area contributed by atoms with Crippen molar-refractivity contribution in [2.75, 3.05) is 17.7 Å². The number of hydrogen-bond donors (Lipinski definition) is 3. The first-order chi connectivity index (χ1) is 10.0. The Morgan fingerprint density at radius 3 is 2.52 bits per heavy atom. The molecular formula is C15H13F2N3O. The molecule has 108 valence electrons. The summed E-state index contributed by atoms with van der Waals surface area (Å²) >= 11 is 0. The predicted octanol–water partition coefficient (Wildman–Crippen LogP) is 3.26. The number of amides is 1. The molecule has 0 spiro atoms. The highest BCUT2D eigenvalue weighted by Gasteiger charge is 2.10. The van der Waals surface area contributed by atoms with Crippen molar-refractivity contribution in [2.45, 2.75) is 0 Å². The summed E-state index contributed by atoms with van der Waals surface area (Å²) < 4.78 is 25.9. The fraction of sp³-hybridized carbons (Fsp3) is 0.0667. The minimum absolute atomic E-state index is 0.160. The number of rotatable bonds is 4. The molecule has 0 aliphatic heterocycles. The quantitative estimate of drug-likeness (QED) is 0.756. The van der Waals surface area contributed by atoms with Crippen molar-refractivity contribution < 1.29 is 13.6 Å². The van der Waals surface area contributed by atoms with Crippen LogP contribution in [-0.2, 0) is 0 Å². The van der Waals surface area contributed by atoms with Crippen LogP contribution in [0.25, 0.3) is 0 Å². The van der Waals surface area contributed by atoms with Crippen molar-refractivity contribution in [3.63, 3.8) is 0 Å². The van der Waals surface area contributed by atoms with Gasteiger partial charge in [-0.1, -0.05) is 0 Å². The molecule has 0 unspecified atom stereocenters. The molecule has 0 atom stereocenters. The van der Waals surface area contributed by atoms with E-state index in [9.17, 15) is 13.6 Å². The first-order valence-electron chi connectivity index (χ1n) is 6.14. The van der Waals surface area contributed by atoms with E-state index in [-0.39, 0.29) is 5.69 Å². The maximum absolute atomic E-state index is 13.1. The highest BCUT2D eigenvalue weighted by Crippen LogP contribution is 2.18. The lowest BCUT2D eigenvalue weighted by atomic mass is 10.1. The number of hydrogen-bond acceptors (Lipinski definition) is 3. The lowest BCUT2D eigenvalue weighted by molar-refractivity contribution is 0.102. The molecule has 0 saturated carbocycles. The summed E-state index contributed by atoms with van der Waals surface area (Å²) in [5.74, 6) is -2.47. The van der Waals surface area contributed by atoms with Crippen molar-refractivity contribution >= 4 is 23.5 Å². The Bertz CT molecular complexity index is 701. The van der Waals surface area contributed by atoms with Crippen LogP contribution < -0.4 is 10.6 Å². The molecule has 3 N–H and O–H groups in total. The van der Waals surface area contributed by atoms with Crippen LogP contribution in [0.1, 0.15) is 15.9 Å². The minimum atomic E-state index is -1.03. The topological polar surface area (TPSA) is 65.0 Å². The molecule has 2 aromatic carbocycles. The van der Waals surface area contributed by atoms with Gasteiger partial charge in [-0.15, -0.1) is 0 Å². The fourth-order valence-electron chi connectivity index (χ4n) is 1.83. The molecule has 0 saturated heterocycles. The van der Waals surface area contributed by atoms with Crippen molar-refractivity contribution in [1.82, 2.24) is 0 Å². The highest BCUT2D eigenvalue weighted by molar-refractivity contribution is 6.05. The van der Waals surface area contributed by atoms with Crippen molar-refractivity contribution in [2.24, 2.45) is 0 Å². The van der Waals surface area contributed by atoms with Gasteiger partial charge in [0.1, 0.15) is 0 Å². The number of anilines is 2. The van der Waals surface area contributed by atoms with Crippen LogP contribution in [0.15, 0.2) is 36.4 Å². The summed E-state index contributed by atoms with van der Waals surface area (Å²) in [4.78, 5) is 12.1. The summed E-state index contributed by atoms with van der Waals surface area (Å²) in [5.41, 5.74) is 1.75. The number of halogens is 2. The van der Waals surface area contributed by atoms with Crippen LogP contribution >= 0.6 is 0 Å². The Morgan fingerprint density at radius 2 is 1.90 bits per heavy atom. The second-order valence-corrected chi connectivity index (χ2v) is 4.28. The second kappa shape index (κ2) is 6.13. The van der Waals surface area contributed by atoms with E-state index in [1.807, 2.05) is 0 Å². The molecule has 2 rings (SSSR count). The van der Waals surface area contributed by atoms with E-state index in [4.69, 9.17) is 5.41 Å². The third-order valence-electron chi connectivity index (χ3n) is 2.92. The lowest BCUT2D eigenvalue weighted by Gasteiger charge is -2.09. The maximum atomic E-state index is 13.1. The predicted molar refractivity (Wildman–Crippen MR) is 78.2 cm³/mol. The fourth-order valence-corrected chi connectivity index (χ4v) is 1.83. The molecule has 0 bridgehead atoms. The molecule has 2 aromatic rings. The molecule has 0 aliphatic rings. The largest absolute Gasteiger partial charge is 0.388 e. The Hall–Kier alpha value is -2.76. The third-order valence-corrected chi connectivity index (χ3v) is 2.92. The van der Waals surface area contributed by atoms with Gasteiger partial charge in [0.05, 0.1) is 0 Å². The third kappa shape index (κ3) is 3.22. The van der Waals surface area contributed by atoms with Crippen LogP contribution in [0.3, 0.4) is 0 Å². The molecule has 21 heavy (non-hydrogen) atoms. The second-order valence-electron chi connectivity index (χ2n) is 4.28. The monoisotopic (exact) mass is 289 g/mol. The van der Waals surface area contributed by atoms with E-state index < -0.39 is 17.5 Å². The van der Waals surface area contributed by atoms with E-state index in [2.05, 4.69) is 10.6 Å². The van der Waals surface area contributed by atoms with Crippen LogP contribution in [0.4, 0.5) is 20.2 Å². The van der Waals surface area contributed by atoms with Gasteiger partial charge in [0.2, 0.25) is 0 Å². The van der Waals surface area contributed by atoms with Crippen LogP contribution in [0, 0.1) is 17.0 Å². The molecule has 0 fully saturated rings. The highest BCUT2D eigenvalue weighted by atomic mass is 19.2. The molecule has 0 heterocycles. The van der Waals surface area contributed by atoms with Crippen molar-refractivity contribution in [3.8, 4) is 0 Å². The Kier molecular flexibility index (Phi) is 4.27. The molecule has 0 radical (unpaired) electrons. The van der Waals surface area contributed by atoms with Crippen LogP contribution in [-0.4, -0.2) is 19.2 Å². The van der Waals surface area contributed by atoms with Gasteiger partial charge in [-0.05, 0) is 30.3 Å². The molecule has 6 heteroatoms. The number of benzene rings is 2. The van der Waals surface area contributed by atoms with Gasteiger partial charge in [0, 0.05) is 41.8 Å². The average Bonchev–Trinajstić information content (AvgIpc) is 2.50. The minimum Gasteiger partial charge on any atom is -0.388 e. The smallest absolute Gasteiger partial charge is 0.255 e. The zero-order valence-corrected chi connectivity index (χ0v) is 11.2. The molecular weight excluding hydrogens is 276 g/mol. The van der Waals surface area contributed by atoms with Gasteiger partial charge < -0.3 is 16.0 Å². The number of carbonyl (C=O) groups is 1. The summed E-state index contributed by atoms with van der Waals surface area (Å²) in [7, 11) is 1.71. The first kappa shape index (κ1) is 14.6. The molecule has 4 nitrogen and oxygen atoms in total. The number of carbonyl (C=O) groups excluding carboxylic acids is 1. The van der Waals surface area contributed by atoms with Gasteiger partial charge in [-0.2, -0.15) is 0 Å². The zero-order chi connectivity index (χ0) is 15.4. The Balaban J connectivity index is 2.23. The number of nitrogens with one attached hydrogen (secondary N) is 3. The summed E-state index contributed by atoms with van der Waals surface area (Å²) in [6.45, 7) is 0. The van der Waals surface area contributed by atoms with Gasteiger partial charge in [-0.3, -0.25) is 4.79 Å². The molecule has 0 aliphatic carbocycles. The van der Waals surface area contributed by atoms with Crippen molar-refractivity contribution in [1.29, 1.82) is 5.41 Å². The Labute approximate surface area is 120 Å². The molecule has 1 amide bonds. The lowest BCUT2D eigenvalue weighted by Crippen LogP contribution is -2.13. The van der Waals surface area contributed by atoms with Crippen LogP contribution in [0.2, 0.25) is 0 Å². The van der Waals surface area contributed by atoms with Gasteiger partial charge in [0.25, 0.3) is 5.91 Å². The SMILES string of the molecule is CNc1ccc(C(=O)Nc2ccc(F)c(F)c2)cc1C=N. The average molecular weight is 289 g/mol. The first-order valence-corrected chi connectivity index (χ1v) is 6.14. The van der Waals surface area contributed by atoms with E-state index in [1.54, 1.807) is 19.2 Å². The summed E-state index contributed by atoms with van der Waals surface area (Å²) in [6, 6.07) is 7.91. The van der Waals surface area contributed by atoms with E-state index in [0.717, 1.165) is 24.0 Å². The maximum Gasteiger partial charge on any atom is 0.255 e. The van der Waals surface area contributed by atoms with Crippen LogP contribution in [0.5, 0.6) is 0 Å². The van der Waals surface area contributed by atoms with Crippen molar-refractivity contribution in [3.05, 3.63) is 59.2 Å². The van der Waals surface area contributed by atoms with Gasteiger partial charge in [0.15, 0.2) is 11.6 Å². The van der Waals surface area contributed by atoms with E-state index >= 15 is 0 Å². The zero-order valence-electron chi connectivity index (χ0n) is 11.2. The van der Waals surface area contributed by atoms with E-state index in [1.165, 1.54) is 12.1 Å². The summed E-state index contributed by atoms with van der Waals surface area (Å²) in [5, 5.41) is 12.7. The normalized spacial score (nSPS) is 10.0. The Morgan fingerprint density at radius 1 is 1.14 bits per heavy atom. The van der Waals surface area contributed by atoms with Gasteiger partial charge >= 0.3 is 0 Å². The van der Waals surface area contributed by atoms with E-state index in [0.29, 0.717) is 11.1 Å². The van der Waals surface area contributed by atoms with Gasteiger partial charge in [-0.25, -0.2) is 8.78 Å². The standard InChI is InChI=1S/C15H13F2N3O/c1-19-14-5-2-9(6-10(14)8-18)15(21)20-11-3-4-12(16)13(17)7-11/h2-8,18-19H,1H3,(H,20,21). The molecule has 0 aromatic heterocycles.